The van der Waals surface area contributed by atoms with Crippen LogP contribution in [0.5, 0.6) is 0 Å². The van der Waals surface area contributed by atoms with Gasteiger partial charge in [-0.05, 0) is 18.1 Å². The molecule has 0 saturated carbocycles. The van der Waals surface area contributed by atoms with Crippen LogP contribution in [0, 0.1) is 0 Å². The lowest BCUT2D eigenvalue weighted by Gasteiger charge is -2.36. The molecular weight excluding hydrogens is 296 g/mol. The van der Waals surface area contributed by atoms with Gasteiger partial charge in [-0.1, -0.05) is 73.1 Å². The Balaban J connectivity index is 0. The Hall–Kier alpha value is -1.51. The van der Waals surface area contributed by atoms with Gasteiger partial charge in [0.15, 0.2) is 0 Å². The van der Waals surface area contributed by atoms with Gasteiger partial charge in [0.1, 0.15) is 0 Å². The number of aryl methyl sites for hydroxylation is 1. The summed E-state index contributed by atoms with van der Waals surface area (Å²) in [5, 5.41) is 0. The van der Waals surface area contributed by atoms with Crippen LogP contribution in [0.15, 0.2) is 24.3 Å². The largest absolute Gasteiger partial charge is 0.368 e. The molecule has 0 atom stereocenters. The number of anilines is 1. The summed E-state index contributed by atoms with van der Waals surface area (Å²) in [5.41, 5.74) is 2.78. The predicted octanol–water partition coefficient (Wildman–Crippen LogP) is 5.39. The number of carbonyl (C=O) groups excluding carboxylic acids is 1. The van der Waals surface area contributed by atoms with Crippen LogP contribution < -0.4 is 4.90 Å². The lowest BCUT2D eigenvalue weighted by atomic mass is 10.1. The maximum atomic E-state index is 11.3. The Morgan fingerprint density at radius 3 is 1.88 bits per heavy atom. The fourth-order valence-corrected chi connectivity index (χ4v) is 2.56. The minimum Gasteiger partial charge on any atom is -0.368 e. The Morgan fingerprint density at radius 1 is 0.917 bits per heavy atom. The number of amides is 1. The molecule has 24 heavy (non-hydrogen) atoms. The highest BCUT2D eigenvalue weighted by molar-refractivity contribution is 5.73. The smallest absolute Gasteiger partial charge is 0.219 e. The molecule has 1 aliphatic rings. The van der Waals surface area contributed by atoms with Crippen molar-refractivity contribution < 1.29 is 4.79 Å². The van der Waals surface area contributed by atoms with Gasteiger partial charge in [-0.3, -0.25) is 4.79 Å². The quantitative estimate of drug-likeness (QED) is 0.739. The van der Waals surface area contributed by atoms with Crippen molar-refractivity contribution in [2.45, 2.75) is 68.2 Å². The number of rotatable bonds is 3. The van der Waals surface area contributed by atoms with Gasteiger partial charge in [-0.25, -0.2) is 0 Å². The van der Waals surface area contributed by atoms with E-state index in [-0.39, 0.29) is 5.91 Å². The molecule has 0 unspecified atom stereocenters. The fraction of sp³-hybridized carbons (Fsp3) is 0.667. The van der Waals surface area contributed by atoms with Gasteiger partial charge in [0.25, 0.3) is 0 Å². The van der Waals surface area contributed by atoms with Crippen LogP contribution >= 0.6 is 0 Å². The van der Waals surface area contributed by atoms with E-state index in [1.807, 2.05) is 46.4 Å². The summed E-state index contributed by atoms with van der Waals surface area (Å²) in [5.74, 6) is 0.191. The van der Waals surface area contributed by atoms with Gasteiger partial charge in [0.2, 0.25) is 5.91 Å². The molecule has 1 saturated heterocycles. The highest BCUT2D eigenvalue weighted by atomic mass is 16.2. The Morgan fingerprint density at radius 2 is 1.42 bits per heavy atom. The molecule has 1 aliphatic heterocycles. The number of benzene rings is 1. The summed E-state index contributed by atoms with van der Waals surface area (Å²) >= 11 is 0. The first-order valence-electron chi connectivity index (χ1n) is 9.80. The molecular formula is C21H40N2O. The number of hydrogen-bond acceptors (Lipinski definition) is 2. The van der Waals surface area contributed by atoms with E-state index in [1.165, 1.54) is 17.7 Å². The third-order valence-electron chi connectivity index (χ3n) is 3.58. The van der Waals surface area contributed by atoms with E-state index in [0.717, 1.165) is 32.6 Å². The molecule has 2 rings (SSSR count). The second-order valence-corrected chi connectivity index (χ2v) is 4.87. The molecule has 0 bridgehead atoms. The minimum atomic E-state index is 0.191. The Bertz CT molecular complexity index is 410. The van der Waals surface area contributed by atoms with Gasteiger partial charge < -0.3 is 9.80 Å². The van der Waals surface area contributed by atoms with Crippen molar-refractivity contribution in [3.8, 4) is 0 Å². The fourth-order valence-electron chi connectivity index (χ4n) is 2.56. The summed E-state index contributed by atoms with van der Waals surface area (Å²) in [4.78, 5) is 15.7. The highest BCUT2D eigenvalue weighted by Gasteiger charge is 2.19. The van der Waals surface area contributed by atoms with E-state index in [1.54, 1.807) is 6.92 Å². The molecule has 0 N–H and O–H groups in total. The van der Waals surface area contributed by atoms with Crippen LogP contribution in [0.25, 0.3) is 0 Å². The first-order chi connectivity index (χ1) is 11.7. The van der Waals surface area contributed by atoms with Crippen LogP contribution in [-0.2, 0) is 11.2 Å². The number of nitrogens with zero attached hydrogens (tertiary/aromatic N) is 2. The minimum absolute atomic E-state index is 0.191. The van der Waals surface area contributed by atoms with Crippen LogP contribution in [0.3, 0.4) is 0 Å². The van der Waals surface area contributed by atoms with Crippen molar-refractivity contribution in [1.29, 1.82) is 0 Å². The molecule has 3 nitrogen and oxygen atoms in total. The standard InChI is InChI=1S/C15H22N2O.3C2H6/c1-3-6-14-7-4-5-8-15(14)17-11-9-16(10-12-17)13(2)18;3*1-2/h4-5,7-8H,3,6,9-12H2,1-2H3;3*1-2H3. The van der Waals surface area contributed by atoms with Crippen molar-refractivity contribution in [3.05, 3.63) is 29.8 Å². The monoisotopic (exact) mass is 336 g/mol. The lowest BCUT2D eigenvalue weighted by Crippen LogP contribution is -2.48. The second kappa shape index (κ2) is 16.4. The van der Waals surface area contributed by atoms with Gasteiger partial charge in [-0.2, -0.15) is 0 Å². The summed E-state index contributed by atoms with van der Waals surface area (Å²) in [6.45, 7) is 19.4. The molecule has 1 aromatic rings. The van der Waals surface area contributed by atoms with Crippen molar-refractivity contribution in [3.63, 3.8) is 0 Å². The number of para-hydroxylation sites is 1. The predicted molar refractivity (Wildman–Crippen MR) is 109 cm³/mol. The summed E-state index contributed by atoms with van der Waals surface area (Å²) in [6.07, 6.45) is 2.30. The van der Waals surface area contributed by atoms with E-state index in [4.69, 9.17) is 0 Å². The second-order valence-electron chi connectivity index (χ2n) is 4.87. The number of hydrogen-bond donors (Lipinski definition) is 0. The van der Waals surface area contributed by atoms with Crippen LogP contribution in [0.4, 0.5) is 5.69 Å². The van der Waals surface area contributed by atoms with Gasteiger partial charge in [0.05, 0.1) is 0 Å². The van der Waals surface area contributed by atoms with Crippen LogP contribution in [0.1, 0.15) is 67.4 Å². The molecule has 1 aromatic carbocycles. The van der Waals surface area contributed by atoms with E-state index < -0.39 is 0 Å². The number of carbonyl (C=O) groups is 1. The first kappa shape index (κ1) is 24.7. The van der Waals surface area contributed by atoms with E-state index >= 15 is 0 Å². The maximum Gasteiger partial charge on any atom is 0.219 e. The zero-order valence-electron chi connectivity index (χ0n) is 17.4. The summed E-state index contributed by atoms with van der Waals surface area (Å²) in [7, 11) is 0. The van der Waals surface area contributed by atoms with E-state index in [2.05, 4.69) is 36.1 Å². The summed E-state index contributed by atoms with van der Waals surface area (Å²) in [6, 6.07) is 8.64. The molecule has 1 fully saturated rings. The zero-order chi connectivity index (χ0) is 19.0. The normalized spacial score (nSPS) is 12.7. The van der Waals surface area contributed by atoms with Crippen LogP contribution in [0.2, 0.25) is 0 Å². The van der Waals surface area contributed by atoms with Gasteiger partial charge in [0, 0.05) is 38.8 Å². The Kier molecular flexibility index (Phi) is 16.9. The van der Waals surface area contributed by atoms with Crippen LogP contribution in [-0.4, -0.2) is 37.0 Å². The zero-order valence-corrected chi connectivity index (χ0v) is 17.4. The third kappa shape index (κ3) is 8.37. The van der Waals surface area contributed by atoms with E-state index in [9.17, 15) is 4.79 Å². The molecule has 0 aromatic heterocycles. The van der Waals surface area contributed by atoms with Gasteiger partial charge in [-0.15, -0.1) is 0 Å². The highest BCUT2D eigenvalue weighted by Crippen LogP contribution is 2.23. The Labute approximate surface area is 151 Å². The van der Waals surface area contributed by atoms with Crippen molar-refractivity contribution in [2.24, 2.45) is 0 Å². The molecule has 0 spiro atoms. The maximum absolute atomic E-state index is 11.3. The molecule has 0 radical (unpaired) electrons. The SMILES string of the molecule is CC.CC.CC.CCCc1ccccc1N1CCN(C(C)=O)CC1. The molecule has 1 heterocycles. The van der Waals surface area contributed by atoms with Crippen molar-refractivity contribution in [1.82, 2.24) is 4.90 Å². The first-order valence-corrected chi connectivity index (χ1v) is 9.80. The average Bonchev–Trinajstić information content (AvgIpc) is 2.67. The summed E-state index contributed by atoms with van der Waals surface area (Å²) < 4.78 is 0. The lowest BCUT2D eigenvalue weighted by molar-refractivity contribution is -0.129. The van der Waals surface area contributed by atoms with Crippen molar-refractivity contribution >= 4 is 11.6 Å². The number of piperazine rings is 1. The van der Waals surface area contributed by atoms with Crippen molar-refractivity contribution in [2.75, 3.05) is 31.1 Å². The third-order valence-corrected chi connectivity index (χ3v) is 3.58. The van der Waals surface area contributed by atoms with E-state index in [0.29, 0.717) is 0 Å². The molecule has 3 heteroatoms. The average molecular weight is 337 g/mol. The molecule has 1 amide bonds. The van der Waals surface area contributed by atoms with Gasteiger partial charge >= 0.3 is 0 Å². The topological polar surface area (TPSA) is 23.6 Å². The molecule has 140 valence electrons. The molecule has 0 aliphatic carbocycles.